The van der Waals surface area contributed by atoms with E-state index in [1.165, 1.54) is 0 Å². The Balaban J connectivity index is 1.51. The summed E-state index contributed by atoms with van der Waals surface area (Å²) in [6, 6.07) is 24.7. The van der Waals surface area contributed by atoms with E-state index < -0.39 is 11.9 Å². The normalized spacial score (nSPS) is 15.6. The molecule has 6 heteroatoms. The van der Waals surface area contributed by atoms with E-state index in [1.807, 2.05) is 60.7 Å². The van der Waals surface area contributed by atoms with E-state index in [1.54, 1.807) is 24.3 Å². The summed E-state index contributed by atoms with van der Waals surface area (Å²) in [6.45, 7) is 0. The van der Waals surface area contributed by atoms with Crippen LogP contribution in [0.5, 0.6) is 0 Å². The van der Waals surface area contributed by atoms with Gasteiger partial charge in [-0.15, -0.1) is 0 Å². The van der Waals surface area contributed by atoms with Crippen LogP contribution < -0.4 is 16.0 Å². The second-order valence-corrected chi connectivity index (χ2v) is 7.09. The molecular formula is C24H21N3O3. The van der Waals surface area contributed by atoms with Crippen molar-refractivity contribution < 1.29 is 14.4 Å². The second-order valence-electron chi connectivity index (χ2n) is 7.09. The first-order valence-electron chi connectivity index (χ1n) is 9.72. The molecule has 0 fully saturated rings. The van der Waals surface area contributed by atoms with Crippen molar-refractivity contribution in [1.29, 1.82) is 0 Å². The van der Waals surface area contributed by atoms with Crippen LogP contribution in [0.15, 0.2) is 84.9 Å². The fourth-order valence-corrected chi connectivity index (χ4v) is 3.51. The van der Waals surface area contributed by atoms with Crippen LogP contribution in [0.2, 0.25) is 0 Å². The lowest BCUT2D eigenvalue weighted by atomic mass is 9.98. The Bertz CT molecular complexity index is 1030. The van der Waals surface area contributed by atoms with Gasteiger partial charge in [0.1, 0.15) is 6.04 Å². The number of para-hydroxylation sites is 1. The Hall–Kier alpha value is -3.93. The standard InChI is InChI=1S/C24H21N3O3/c28-21(15-20-24(30)25-19-14-8-7-13-18(19)23(29)26-20)27-22(16-9-3-1-4-10-16)17-11-5-2-6-12-17/h1-14,20,22H,15H2,(H,25,30)(H,26,29)(H,27,28). The zero-order valence-corrected chi connectivity index (χ0v) is 16.2. The first-order valence-corrected chi connectivity index (χ1v) is 9.72. The molecule has 3 aromatic rings. The van der Waals surface area contributed by atoms with Gasteiger partial charge in [0, 0.05) is 0 Å². The van der Waals surface area contributed by atoms with Gasteiger partial charge in [0.15, 0.2) is 0 Å². The fraction of sp³-hybridized carbons (Fsp3) is 0.125. The molecular weight excluding hydrogens is 378 g/mol. The summed E-state index contributed by atoms with van der Waals surface area (Å²) in [4.78, 5) is 37.9. The fourth-order valence-electron chi connectivity index (χ4n) is 3.51. The van der Waals surface area contributed by atoms with Crippen LogP contribution in [0.1, 0.15) is 33.9 Å². The van der Waals surface area contributed by atoms with E-state index in [0.717, 1.165) is 11.1 Å². The van der Waals surface area contributed by atoms with E-state index >= 15 is 0 Å². The van der Waals surface area contributed by atoms with Crippen LogP contribution in [0.25, 0.3) is 0 Å². The second kappa shape index (κ2) is 8.61. The first-order chi connectivity index (χ1) is 14.6. The smallest absolute Gasteiger partial charge is 0.254 e. The molecule has 0 saturated carbocycles. The number of fused-ring (bicyclic) bond motifs is 1. The molecule has 0 bridgehead atoms. The Labute approximate surface area is 174 Å². The van der Waals surface area contributed by atoms with Gasteiger partial charge in [0.25, 0.3) is 5.91 Å². The molecule has 150 valence electrons. The molecule has 0 spiro atoms. The molecule has 1 aliphatic rings. The van der Waals surface area contributed by atoms with Gasteiger partial charge in [-0.05, 0) is 23.3 Å². The minimum atomic E-state index is -0.961. The van der Waals surface area contributed by atoms with Crippen LogP contribution in [0.3, 0.4) is 0 Å². The molecule has 3 N–H and O–H groups in total. The van der Waals surface area contributed by atoms with Gasteiger partial charge in [-0.25, -0.2) is 0 Å². The van der Waals surface area contributed by atoms with Crippen molar-refractivity contribution in [2.24, 2.45) is 0 Å². The molecule has 1 atom stereocenters. The number of carbonyl (C=O) groups is 3. The maximum absolute atomic E-state index is 12.9. The maximum atomic E-state index is 12.9. The van der Waals surface area contributed by atoms with Gasteiger partial charge in [0.05, 0.1) is 23.7 Å². The molecule has 1 unspecified atom stereocenters. The predicted molar refractivity (Wildman–Crippen MR) is 114 cm³/mol. The van der Waals surface area contributed by atoms with E-state index in [-0.39, 0.29) is 24.3 Å². The lowest BCUT2D eigenvalue weighted by Gasteiger charge is -2.21. The number of anilines is 1. The monoisotopic (exact) mass is 399 g/mol. The quantitative estimate of drug-likeness (QED) is 0.616. The highest BCUT2D eigenvalue weighted by molar-refractivity contribution is 6.10. The van der Waals surface area contributed by atoms with Crippen molar-refractivity contribution in [3.05, 3.63) is 102 Å². The van der Waals surface area contributed by atoms with Crippen LogP contribution >= 0.6 is 0 Å². The predicted octanol–water partition coefficient (Wildman–Crippen LogP) is 3.03. The summed E-state index contributed by atoms with van der Waals surface area (Å²) in [5.41, 5.74) is 2.67. The van der Waals surface area contributed by atoms with Gasteiger partial charge in [-0.2, -0.15) is 0 Å². The molecule has 0 radical (unpaired) electrons. The summed E-state index contributed by atoms with van der Waals surface area (Å²) in [5, 5.41) is 8.38. The van der Waals surface area contributed by atoms with Crippen LogP contribution in [-0.4, -0.2) is 23.8 Å². The number of hydrogen-bond donors (Lipinski definition) is 3. The SMILES string of the molecule is O=C(CC1NC(=O)c2ccccc2NC1=O)NC(c1ccccc1)c1ccccc1. The Morgan fingerprint density at radius 1 is 0.833 bits per heavy atom. The van der Waals surface area contributed by atoms with Gasteiger partial charge >= 0.3 is 0 Å². The summed E-state index contributed by atoms with van der Waals surface area (Å²) < 4.78 is 0. The Morgan fingerprint density at radius 3 is 2.03 bits per heavy atom. The molecule has 4 rings (SSSR count). The van der Waals surface area contributed by atoms with Crippen molar-refractivity contribution >= 4 is 23.4 Å². The van der Waals surface area contributed by atoms with Crippen LogP contribution in [0.4, 0.5) is 5.69 Å². The third-order valence-electron chi connectivity index (χ3n) is 5.01. The molecule has 0 saturated heterocycles. The molecule has 1 aliphatic heterocycles. The average Bonchev–Trinajstić information content (AvgIpc) is 2.89. The summed E-state index contributed by atoms with van der Waals surface area (Å²) in [7, 11) is 0. The highest BCUT2D eigenvalue weighted by Gasteiger charge is 2.30. The van der Waals surface area contributed by atoms with Crippen LogP contribution in [0, 0.1) is 0 Å². The minimum Gasteiger partial charge on any atom is -0.345 e. The van der Waals surface area contributed by atoms with E-state index in [9.17, 15) is 14.4 Å². The molecule has 0 aliphatic carbocycles. The third kappa shape index (κ3) is 4.22. The molecule has 3 amide bonds. The number of amides is 3. The maximum Gasteiger partial charge on any atom is 0.254 e. The zero-order valence-electron chi connectivity index (χ0n) is 16.2. The Morgan fingerprint density at radius 2 is 1.40 bits per heavy atom. The summed E-state index contributed by atoms with van der Waals surface area (Å²) in [6.07, 6.45) is -0.165. The number of carbonyl (C=O) groups excluding carboxylic acids is 3. The average molecular weight is 399 g/mol. The van der Waals surface area contributed by atoms with Gasteiger partial charge < -0.3 is 16.0 Å². The highest BCUT2D eigenvalue weighted by Crippen LogP contribution is 2.23. The largest absolute Gasteiger partial charge is 0.345 e. The van der Waals surface area contributed by atoms with Crippen molar-refractivity contribution in [3.8, 4) is 0 Å². The number of hydrogen-bond acceptors (Lipinski definition) is 3. The van der Waals surface area contributed by atoms with E-state index in [2.05, 4.69) is 16.0 Å². The topological polar surface area (TPSA) is 87.3 Å². The van der Waals surface area contributed by atoms with Crippen molar-refractivity contribution in [3.63, 3.8) is 0 Å². The van der Waals surface area contributed by atoms with Crippen LogP contribution in [-0.2, 0) is 9.59 Å². The highest BCUT2D eigenvalue weighted by atomic mass is 16.2. The number of nitrogens with one attached hydrogen (secondary N) is 3. The van der Waals surface area contributed by atoms with Crippen molar-refractivity contribution in [2.45, 2.75) is 18.5 Å². The van der Waals surface area contributed by atoms with Gasteiger partial charge in [0.2, 0.25) is 11.8 Å². The lowest BCUT2D eigenvalue weighted by Crippen LogP contribution is -2.45. The summed E-state index contributed by atoms with van der Waals surface area (Å²) in [5.74, 6) is -1.14. The van der Waals surface area contributed by atoms with Gasteiger partial charge in [-0.1, -0.05) is 72.8 Å². The lowest BCUT2D eigenvalue weighted by molar-refractivity contribution is -0.126. The molecule has 3 aromatic carbocycles. The number of rotatable bonds is 5. The molecule has 1 heterocycles. The number of benzene rings is 3. The zero-order chi connectivity index (χ0) is 20.9. The molecule has 30 heavy (non-hydrogen) atoms. The minimum absolute atomic E-state index is 0.165. The van der Waals surface area contributed by atoms with Crippen molar-refractivity contribution in [2.75, 3.05) is 5.32 Å². The van der Waals surface area contributed by atoms with Crippen molar-refractivity contribution in [1.82, 2.24) is 10.6 Å². The first kappa shape index (κ1) is 19.4. The van der Waals surface area contributed by atoms with Gasteiger partial charge in [-0.3, -0.25) is 14.4 Å². The summed E-state index contributed by atoms with van der Waals surface area (Å²) >= 11 is 0. The van der Waals surface area contributed by atoms with E-state index in [0.29, 0.717) is 11.3 Å². The van der Waals surface area contributed by atoms with E-state index in [4.69, 9.17) is 0 Å². The third-order valence-corrected chi connectivity index (χ3v) is 5.01. The molecule has 6 nitrogen and oxygen atoms in total. The Kier molecular flexibility index (Phi) is 5.57. The molecule has 0 aromatic heterocycles.